The van der Waals surface area contributed by atoms with Gasteiger partial charge in [0.1, 0.15) is 5.75 Å². The first kappa shape index (κ1) is 32.4. The molecule has 3 aromatic rings. The largest absolute Gasteiger partial charge is 1.00 e. The van der Waals surface area contributed by atoms with Gasteiger partial charge in [0.05, 0.1) is 21.5 Å². The van der Waals surface area contributed by atoms with Crippen LogP contribution in [-0.2, 0) is 0 Å². The van der Waals surface area contributed by atoms with Crippen molar-refractivity contribution in [3.8, 4) is 11.8 Å². The molecule has 0 saturated heterocycles. The maximum atomic E-state index is 12.7. The van der Waals surface area contributed by atoms with Crippen LogP contribution < -0.4 is 29.6 Å². The van der Waals surface area contributed by atoms with Crippen LogP contribution in [0.15, 0.2) is 48.5 Å². The van der Waals surface area contributed by atoms with E-state index in [0.29, 0.717) is 30.4 Å². The van der Waals surface area contributed by atoms with Gasteiger partial charge in [-0.3, -0.25) is 0 Å². The van der Waals surface area contributed by atoms with Gasteiger partial charge < -0.3 is 26.2 Å². The van der Waals surface area contributed by atoms with Crippen LogP contribution in [-0.4, -0.2) is 22.0 Å². The third kappa shape index (κ3) is 7.68. The Morgan fingerprint density at radius 3 is 2.27 bits per heavy atom. The van der Waals surface area contributed by atoms with Gasteiger partial charge in [0.25, 0.3) is 0 Å². The van der Waals surface area contributed by atoms with Gasteiger partial charge in [-0.05, 0) is 87.5 Å². The van der Waals surface area contributed by atoms with Crippen molar-refractivity contribution in [2.24, 2.45) is 0 Å². The van der Waals surface area contributed by atoms with E-state index in [4.69, 9.17) is 23.2 Å². The van der Waals surface area contributed by atoms with Gasteiger partial charge in [-0.25, -0.2) is 0 Å². The number of carbonyl (C=O) groups is 1. The quantitative estimate of drug-likeness (QED) is 0.328. The van der Waals surface area contributed by atoms with E-state index in [0.717, 1.165) is 9.13 Å². The number of phenols is 1. The monoisotopic (exact) mass is 720 g/mol. The number of halogens is 4. The third-order valence-corrected chi connectivity index (χ3v) is 6.46. The standard InChI is InChI=1S/C22H14Cl2I2N2O2.Na.2H2O/c1-11-6-15(17(10-27)12-2-4-13(23)5-3-12)18(24)9-20(11)28-22(30)16-7-14(25)8-19(26)21(16)29;;;/h2-9,17H,1H3,(H2,28,29,30);;2*1H2/q;+1;;/p-1. The number of hydrogen-bond acceptors (Lipinski definition) is 3. The summed E-state index contributed by atoms with van der Waals surface area (Å²) in [5, 5.41) is 25.0. The van der Waals surface area contributed by atoms with E-state index in [2.05, 4.69) is 34.0 Å². The molecule has 1 amide bonds. The van der Waals surface area contributed by atoms with Gasteiger partial charge in [-0.15, -0.1) is 5.69 Å². The maximum absolute atomic E-state index is 12.7. The van der Waals surface area contributed by atoms with E-state index >= 15 is 0 Å². The molecule has 5 N–H and O–H groups in total. The van der Waals surface area contributed by atoms with Crippen molar-refractivity contribution in [2.45, 2.75) is 12.8 Å². The second-order valence-corrected chi connectivity index (χ2v) is 9.73. The van der Waals surface area contributed by atoms with Gasteiger partial charge in [-0.2, -0.15) is 5.26 Å². The summed E-state index contributed by atoms with van der Waals surface area (Å²) in [6.45, 7) is 1.79. The van der Waals surface area contributed by atoms with E-state index < -0.39 is 11.8 Å². The van der Waals surface area contributed by atoms with E-state index in [-0.39, 0.29) is 51.8 Å². The van der Waals surface area contributed by atoms with Crippen molar-refractivity contribution < 1.29 is 50.4 Å². The van der Waals surface area contributed by atoms with Crippen molar-refractivity contribution in [3.05, 3.63) is 93.3 Å². The van der Waals surface area contributed by atoms with Crippen LogP contribution in [0.4, 0.5) is 5.69 Å². The molecule has 0 spiro atoms. The molecule has 33 heavy (non-hydrogen) atoms. The molecule has 0 bridgehead atoms. The van der Waals surface area contributed by atoms with E-state index in [1.807, 2.05) is 22.6 Å². The number of aromatic hydroxyl groups is 1. The maximum Gasteiger partial charge on any atom is 1.00 e. The normalized spacial score (nSPS) is 10.5. The molecule has 6 nitrogen and oxygen atoms in total. The summed E-state index contributed by atoms with van der Waals surface area (Å²) in [5.74, 6) is -1.25. The molecule has 168 valence electrons. The molecule has 0 radical (unpaired) electrons. The number of nitriles is 1. The summed E-state index contributed by atoms with van der Waals surface area (Å²) in [5.41, 5.74) is 2.59. The number of hydrogen-bond donors (Lipinski definition) is 1. The number of amides is 1. The van der Waals surface area contributed by atoms with Gasteiger partial charge in [0, 0.05) is 19.2 Å². The van der Waals surface area contributed by atoms with Gasteiger partial charge >= 0.3 is 29.6 Å². The second kappa shape index (κ2) is 14.1. The minimum absolute atomic E-state index is 0. The Morgan fingerprint density at radius 1 is 1.09 bits per heavy atom. The van der Waals surface area contributed by atoms with Crippen LogP contribution in [0.25, 0.3) is 5.32 Å². The topological polar surface area (TPSA) is 138 Å². The predicted octanol–water partition coefficient (Wildman–Crippen LogP) is 3.07. The molecule has 0 aliphatic heterocycles. The Labute approximate surface area is 250 Å². The number of rotatable bonds is 4. The fourth-order valence-electron chi connectivity index (χ4n) is 2.91. The molecular weight excluding hydrogens is 704 g/mol. The van der Waals surface area contributed by atoms with E-state index in [9.17, 15) is 15.2 Å². The van der Waals surface area contributed by atoms with Crippen LogP contribution in [0.5, 0.6) is 5.75 Å². The number of benzene rings is 3. The summed E-state index contributed by atoms with van der Waals surface area (Å²) in [7, 11) is 0. The number of aryl methyl sites for hydroxylation is 1. The molecule has 11 heteroatoms. The Hall–Kier alpha value is -0.620. The second-order valence-electron chi connectivity index (χ2n) is 6.47. The molecule has 3 aromatic carbocycles. The van der Waals surface area contributed by atoms with Gasteiger partial charge in [0.15, 0.2) is 0 Å². The molecule has 1 unspecified atom stereocenters. The molecule has 3 rings (SSSR count). The Balaban J connectivity index is 0.00000341. The fraction of sp³-hybridized carbons (Fsp3) is 0.0909. The van der Waals surface area contributed by atoms with Gasteiger partial charge in [0.2, 0.25) is 0 Å². The Morgan fingerprint density at radius 2 is 1.70 bits per heavy atom. The summed E-state index contributed by atoms with van der Waals surface area (Å²) in [6.07, 6.45) is 0. The minimum Gasteiger partial charge on any atom is -0.622 e. The molecule has 0 aliphatic rings. The Bertz CT molecular complexity index is 1190. The zero-order valence-electron chi connectivity index (χ0n) is 17.5. The van der Waals surface area contributed by atoms with Crippen LogP contribution in [0.1, 0.15) is 33.0 Å². The van der Waals surface area contributed by atoms with Crippen molar-refractivity contribution >= 4 is 80.0 Å². The summed E-state index contributed by atoms with van der Waals surface area (Å²) in [4.78, 5) is 12.7. The molecular formula is C22H17Cl2I2N2NaO4. The molecule has 0 saturated carbocycles. The first-order chi connectivity index (χ1) is 14.2. The number of nitrogens with zero attached hydrogens (tertiary/aromatic N) is 2. The zero-order valence-corrected chi connectivity index (χ0v) is 25.3. The third-order valence-electron chi connectivity index (χ3n) is 4.44. The summed E-state index contributed by atoms with van der Waals surface area (Å²) >= 11 is 16.5. The first-order valence-electron chi connectivity index (χ1n) is 8.60. The summed E-state index contributed by atoms with van der Waals surface area (Å²) < 4.78 is 1.39. The smallest absolute Gasteiger partial charge is 0.622 e. The number of carbonyl (C=O) groups excluding carboxylic acids is 1. The van der Waals surface area contributed by atoms with Gasteiger partial charge in [-0.1, -0.05) is 53.0 Å². The molecule has 0 heterocycles. The fourth-order valence-corrected chi connectivity index (χ4v) is 5.15. The first-order valence-corrected chi connectivity index (χ1v) is 11.5. The van der Waals surface area contributed by atoms with Crippen molar-refractivity contribution in [2.75, 3.05) is 0 Å². The molecule has 1 atom stereocenters. The average Bonchev–Trinajstić information content (AvgIpc) is 2.70. The van der Waals surface area contributed by atoms with Crippen molar-refractivity contribution in [1.82, 2.24) is 0 Å². The van der Waals surface area contributed by atoms with Crippen molar-refractivity contribution in [3.63, 3.8) is 0 Å². The molecule has 0 aliphatic carbocycles. The van der Waals surface area contributed by atoms with Crippen LogP contribution in [0.3, 0.4) is 0 Å². The van der Waals surface area contributed by atoms with E-state index in [1.54, 1.807) is 55.5 Å². The van der Waals surface area contributed by atoms with E-state index in [1.165, 1.54) is 0 Å². The zero-order chi connectivity index (χ0) is 22.0. The average molecular weight is 721 g/mol. The predicted molar refractivity (Wildman–Crippen MR) is 143 cm³/mol. The summed E-state index contributed by atoms with van der Waals surface area (Å²) in [6, 6.07) is 16.0. The Kier molecular flexibility index (Phi) is 13.8. The SMILES string of the molecule is Cc1cc(C(C#N)c2ccc(Cl)cc2)c(Cl)cc1[N-]C(=O)c1cc(I)cc(I)c1O.O.O.[Na+]. The molecule has 0 fully saturated rings. The number of phenolic OH excluding ortho intramolecular Hbond substituents is 1. The molecule has 0 aromatic heterocycles. The minimum atomic E-state index is -0.584. The van der Waals surface area contributed by atoms with Crippen molar-refractivity contribution in [1.29, 1.82) is 5.26 Å². The van der Waals surface area contributed by atoms with Crippen LogP contribution in [0.2, 0.25) is 10.0 Å². The van der Waals surface area contributed by atoms with Crippen LogP contribution in [0, 0.1) is 25.4 Å². The van der Waals surface area contributed by atoms with Crippen LogP contribution >= 0.6 is 68.4 Å².